The lowest BCUT2D eigenvalue weighted by Crippen LogP contribution is -2.33. The SMILES string of the molecule is CN1C(=O)C2[C@H]3C=CCC2(CC3)C1=O. The van der Waals surface area contributed by atoms with Gasteiger partial charge in [-0.1, -0.05) is 12.2 Å². The van der Waals surface area contributed by atoms with Crippen LogP contribution in [-0.2, 0) is 9.59 Å². The lowest BCUT2D eigenvalue weighted by Gasteiger charge is -2.27. The molecule has 14 heavy (non-hydrogen) atoms. The fraction of sp³-hybridized carbons (Fsp3) is 0.636. The third-order valence-corrected chi connectivity index (χ3v) is 4.14. The topological polar surface area (TPSA) is 37.4 Å². The molecule has 0 spiro atoms. The van der Waals surface area contributed by atoms with Crippen LogP contribution in [0.3, 0.4) is 0 Å². The first-order valence-corrected chi connectivity index (χ1v) is 5.15. The van der Waals surface area contributed by atoms with Gasteiger partial charge in [0.2, 0.25) is 11.8 Å². The number of likely N-dealkylation sites (tertiary alicyclic amines) is 1. The number of amides is 2. The molecule has 3 aliphatic rings. The van der Waals surface area contributed by atoms with Crippen molar-refractivity contribution in [3.63, 3.8) is 0 Å². The second kappa shape index (κ2) is 2.27. The van der Waals surface area contributed by atoms with Crippen LogP contribution in [0.5, 0.6) is 0 Å². The average Bonchev–Trinajstić information content (AvgIpc) is 2.52. The highest BCUT2D eigenvalue weighted by Gasteiger charge is 2.63. The van der Waals surface area contributed by atoms with Gasteiger partial charge in [0.25, 0.3) is 0 Å². The van der Waals surface area contributed by atoms with Crippen molar-refractivity contribution in [2.45, 2.75) is 19.3 Å². The van der Waals surface area contributed by atoms with Crippen molar-refractivity contribution in [1.82, 2.24) is 4.90 Å². The predicted molar refractivity (Wildman–Crippen MR) is 50.2 cm³/mol. The van der Waals surface area contributed by atoms with Crippen LogP contribution in [-0.4, -0.2) is 23.8 Å². The van der Waals surface area contributed by atoms with E-state index in [1.807, 2.05) is 0 Å². The molecule has 3 atom stereocenters. The third kappa shape index (κ3) is 0.668. The normalized spacial score (nSPS) is 44.8. The number of rotatable bonds is 0. The Morgan fingerprint density at radius 1 is 1.50 bits per heavy atom. The van der Waals surface area contributed by atoms with Crippen LogP contribution in [0.25, 0.3) is 0 Å². The summed E-state index contributed by atoms with van der Waals surface area (Å²) in [5.74, 6) is 0.386. The van der Waals surface area contributed by atoms with Gasteiger partial charge < -0.3 is 0 Å². The molecular weight excluding hydrogens is 178 g/mol. The van der Waals surface area contributed by atoms with Crippen LogP contribution in [0.2, 0.25) is 0 Å². The summed E-state index contributed by atoms with van der Waals surface area (Å²) in [5.41, 5.74) is -0.342. The smallest absolute Gasteiger partial charge is 0.236 e. The lowest BCUT2D eigenvalue weighted by molar-refractivity contribution is -0.140. The van der Waals surface area contributed by atoms with Gasteiger partial charge in [-0.3, -0.25) is 14.5 Å². The molecule has 3 rings (SSSR count). The van der Waals surface area contributed by atoms with Gasteiger partial charge in [-0.05, 0) is 25.2 Å². The monoisotopic (exact) mass is 191 g/mol. The number of hydrogen-bond acceptors (Lipinski definition) is 2. The lowest BCUT2D eigenvalue weighted by atomic mass is 9.72. The minimum absolute atomic E-state index is 0.0370. The Morgan fingerprint density at radius 3 is 3.00 bits per heavy atom. The first-order valence-electron chi connectivity index (χ1n) is 5.15. The molecule has 0 radical (unpaired) electrons. The van der Waals surface area contributed by atoms with Crippen LogP contribution < -0.4 is 0 Å². The van der Waals surface area contributed by atoms with Gasteiger partial charge in [0, 0.05) is 7.05 Å². The molecule has 2 unspecified atom stereocenters. The molecule has 3 nitrogen and oxygen atoms in total. The van der Waals surface area contributed by atoms with Gasteiger partial charge in [0.05, 0.1) is 11.3 Å². The molecule has 1 heterocycles. The van der Waals surface area contributed by atoms with Crippen molar-refractivity contribution < 1.29 is 9.59 Å². The minimum atomic E-state index is -0.342. The van der Waals surface area contributed by atoms with Crippen LogP contribution >= 0.6 is 0 Å². The summed E-state index contributed by atoms with van der Waals surface area (Å²) in [6.07, 6.45) is 6.87. The quantitative estimate of drug-likeness (QED) is 0.422. The van der Waals surface area contributed by atoms with Gasteiger partial charge in [-0.15, -0.1) is 0 Å². The van der Waals surface area contributed by atoms with Crippen molar-refractivity contribution in [1.29, 1.82) is 0 Å². The Balaban J connectivity index is 2.16. The van der Waals surface area contributed by atoms with Crippen LogP contribution in [0.15, 0.2) is 12.2 Å². The average molecular weight is 191 g/mol. The Kier molecular flexibility index (Phi) is 1.33. The largest absolute Gasteiger partial charge is 0.285 e. The second-order valence-electron chi connectivity index (χ2n) is 4.67. The maximum absolute atomic E-state index is 12.0. The summed E-state index contributed by atoms with van der Waals surface area (Å²) in [6.45, 7) is 0. The van der Waals surface area contributed by atoms with E-state index in [2.05, 4.69) is 12.2 Å². The molecule has 74 valence electrons. The van der Waals surface area contributed by atoms with E-state index in [-0.39, 0.29) is 23.1 Å². The summed E-state index contributed by atoms with van der Waals surface area (Å²) in [6, 6.07) is 0. The van der Waals surface area contributed by atoms with Crippen LogP contribution in [0.4, 0.5) is 0 Å². The Labute approximate surface area is 82.8 Å². The van der Waals surface area contributed by atoms with Crippen molar-refractivity contribution in [3.05, 3.63) is 12.2 Å². The highest BCUT2D eigenvalue weighted by atomic mass is 16.2. The molecule has 2 bridgehead atoms. The first kappa shape index (κ1) is 8.21. The number of allylic oxidation sites excluding steroid dienone is 2. The van der Waals surface area contributed by atoms with E-state index in [1.54, 1.807) is 7.05 Å². The van der Waals surface area contributed by atoms with Gasteiger partial charge in [0.15, 0.2) is 0 Å². The molecule has 0 aromatic rings. The fourth-order valence-electron chi connectivity index (χ4n) is 3.44. The summed E-state index contributed by atoms with van der Waals surface area (Å²) in [7, 11) is 1.62. The standard InChI is InChI=1S/C11H13NO2/c1-12-9(13)8-7-3-2-5-11(8,6-4-7)10(12)14/h2-3,7-8H,4-6H2,1H3/t7-,8?,11?/m0/s1. The zero-order valence-electron chi connectivity index (χ0n) is 8.19. The molecule has 2 amide bonds. The van der Waals surface area contributed by atoms with E-state index in [1.165, 1.54) is 4.90 Å². The molecule has 0 aromatic heterocycles. The predicted octanol–water partition coefficient (Wildman–Crippen LogP) is 0.958. The maximum Gasteiger partial charge on any atom is 0.236 e. The van der Waals surface area contributed by atoms with Crippen molar-refractivity contribution in [2.75, 3.05) is 7.05 Å². The molecule has 0 aromatic carbocycles. The summed E-state index contributed by atoms with van der Waals surface area (Å²) in [5, 5.41) is 0. The molecular formula is C11H13NO2. The molecule has 3 heteroatoms. The Bertz CT molecular complexity index is 360. The molecule has 1 aliphatic heterocycles. The summed E-state index contributed by atoms with van der Waals surface area (Å²) in [4.78, 5) is 25.2. The highest BCUT2D eigenvalue weighted by Crippen LogP contribution is 2.57. The van der Waals surface area contributed by atoms with Gasteiger partial charge in [0.1, 0.15) is 0 Å². The molecule has 2 fully saturated rings. The second-order valence-corrected chi connectivity index (χ2v) is 4.67. The third-order valence-electron chi connectivity index (χ3n) is 4.14. The van der Waals surface area contributed by atoms with E-state index in [0.717, 1.165) is 19.3 Å². The summed E-state index contributed by atoms with van der Waals surface area (Å²) >= 11 is 0. The maximum atomic E-state index is 12.0. The Morgan fingerprint density at radius 2 is 2.29 bits per heavy atom. The molecule has 1 saturated heterocycles. The number of carbonyl (C=O) groups excluding carboxylic acids is 2. The minimum Gasteiger partial charge on any atom is -0.285 e. The van der Waals surface area contributed by atoms with Gasteiger partial charge in [-0.2, -0.15) is 0 Å². The van der Waals surface area contributed by atoms with Crippen LogP contribution in [0, 0.1) is 17.3 Å². The van der Waals surface area contributed by atoms with E-state index < -0.39 is 0 Å². The Hall–Kier alpha value is -1.12. The van der Waals surface area contributed by atoms with E-state index in [9.17, 15) is 9.59 Å². The fourth-order valence-corrected chi connectivity index (χ4v) is 3.44. The highest BCUT2D eigenvalue weighted by molar-refractivity contribution is 6.08. The van der Waals surface area contributed by atoms with Crippen LogP contribution in [0.1, 0.15) is 19.3 Å². The zero-order valence-corrected chi connectivity index (χ0v) is 8.19. The van der Waals surface area contributed by atoms with Gasteiger partial charge >= 0.3 is 0 Å². The van der Waals surface area contributed by atoms with Crippen molar-refractivity contribution in [2.24, 2.45) is 17.3 Å². The molecule has 0 N–H and O–H groups in total. The first-order chi connectivity index (χ1) is 6.67. The van der Waals surface area contributed by atoms with Crippen molar-refractivity contribution >= 4 is 11.8 Å². The molecule has 1 saturated carbocycles. The summed E-state index contributed by atoms with van der Waals surface area (Å²) < 4.78 is 0. The van der Waals surface area contributed by atoms with E-state index in [4.69, 9.17) is 0 Å². The molecule has 2 aliphatic carbocycles. The van der Waals surface area contributed by atoms with Gasteiger partial charge in [-0.25, -0.2) is 0 Å². The number of carbonyl (C=O) groups is 2. The number of hydrogen-bond donors (Lipinski definition) is 0. The zero-order chi connectivity index (χ0) is 9.92. The van der Waals surface area contributed by atoms with Crippen molar-refractivity contribution in [3.8, 4) is 0 Å². The van der Waals surface area contributed by atoms with E-state index >= 15 is 0 Å². The number of imide groups is 1. The van der Waals surface area contributed by atoms with E-state index in [0.29, 0.717) is 5.92 Å². The number of nitrogens with zero attached hydrogens (tertiary/aromatic N) is 1.